The summed E-state index contributed by atoms with van der Waals surface area (Å²) in [4.78, 5) is 27.2. The van der Waals surface area contributed by atoms with E-state index in [0.29, 0.717) is 13.2 Å². The molecule has 3 aromatic rings. The molecule has 0 aliphatic carbocycles. The van der Waals surface area contributed by atoms with E-state index in [1.165, 1.54) is 22.8 Å². The summed E-state index contributed by atoms with van der Waals surface area (Å²) in [6.45, 7) is 0.996. The van der Waals surface area contributed by atoms with Crippen LogP contribution in [0, 0.1) is 5.82 Å². The number of ether oxygens (including phenoxy) is 1. The summed E-state index contributed by atoms with van der Waals surface area (Å²) in [5, 5.41) is 13.4. The van der Waals surface area contributed by atoms with Crippen LogP contribution in [0.2, 0.25) is 0 Å². The summed E-state index contributed by atoms with van der Waals surface area (Å²) < 4.78 is 22.8. The Morgan fingerprint density at radius 2 is 1.94 bits per heavy atom. The number of benzene rings is 2. The summed E-state index contributed by atoms with van der Waals surface area (Å²) in [5.74, 6) is -1.25. The summed E-state index contributed by atoms with van der Waals surface area (Å²) in [6, 6.07) is 13.9. The van der Waals surface area contributed by atoms with Gasteiger partial charge in [-0.25, -0.2) is 0 Å². The van der Waals surface area contributed by atoms with Gasteiger partial charge in [-0.2, -0.15) is 0 Å². The zero-order valence-corrected chi connectivity index (χ0v) is 19.2. The summed E-state index contributed by atoms with van der Waals surface area (Å²) in [7, 11) is 0. The van der Waals surface area contributed by atoms with Crippen molar-refractivity contribution in [1.82, 2.24) is 9.58 Å². The zero-order chi connectivity index (χ0) is 22.7. The fourth-order valence-corrected chi connectivity index (χ4v) is 7.21. The zero-order valence-electron chi connectivity index (χ0n) is 17.5. The van der Waals surface area contributed by atoms with E-state index in [-0.39, 0.29) is 39.1 Å². The quantitative estimate of drug-likeness (QED) is 0.494. The monoisotopic (exact) mass is 513 g/mol. The Balaban J connectivity index is 1.66. The fraction of sp³-hybridized carbons (Fsp3) is 0.250. The molecule has 9 heteroatoms. The Bertz CT molecular complexity index is 1340. The second kappa shape index (κ2) is 7.73. The molecule has 168 valence electrons. The van der Waals surface area contributed by atoms with Crippen molar-refractivity contribution >= 4 is 25.3 Å². The number of amides is 1. The third kappa shape index (κ3) is 3.11. The van der Waals surface area contributed by atoms with Gasteiger partial charge < -0.3 is 0 Å². The van der Waals surface area contributed by atoms with E-state index >= 15 is 0 Å². The minimum atomic E-state index is -0.603. The van der Waals surface area contributed by atoms with Gasteiger partial charge in [-0.05, 0) is 0 Å². The maximum atomic E-state index is 14.2. The van der Waals surface area contributed by atoms with Gasteiger partial charge >= 0.3 is 195 Å². The number of rotatable bonds is 1. The molecule has 1 aromatic heterocycles. The molecule has 1 N–H and O–H groups in total. The normalized spacial score (nSPS) is 21.5. The third-order valence-corrected chi connectivity index (χ3v) is 8.82. The summed E-state index contributed by atoms with van der Waals surface area (Å²) in [5.41, 5.74) is 2.26. The Morgan fingerprint density at radius 1 is 1.09 bits per heavy atom. The molecule has 0 bridgehead atoms. The van der Waals surface area contributed by atoms with E-state index in [1.54, 1.807) is 21.7 Å². The molecule has 1 fully saturated rings. The number of nitrogens with zero attached hydrogens (tertiary/aromatic N) is 3. The molecule has 0 radical (unpaired) electrons. The Kier molecular flexibility index (Phi) is 4.79. The second-order valence-corrected chi connectivity index (χ2v) is 10.4. The van der Waals surface area contributed by atoms with Crippen LogP contribution in [0.4, 0.5) is 4.39 Å². The minimum absolute atomic E-state index is 0.0588. The van der Waals surface area contributed by atoms with Crippen molar-refractivity contribution in [2.24, 2.45) is 0 Å². The Hall–Kier alpha value is -3.13. The maximum absolute atomic E-state index is 14.2. The predicted octanol–water partition coefficient (Wildman–Crippen LogP) is 1.08. The van der Waals surface area contributed by atoms with Gasteiger partial charge in [-0.15, -0.1) is 0 Å². The molecule has 0 spiro atoms. The van der Waals surface area contributed by atoms with Crippen LogP contribution in [0.15, 0.2) is 59.5 Å². The number of hydrogen-bond donors (Lipinski definition) is 1. The van der Waals surface area contributed by atoms with Gasteiger partial charge in [0.2, 0.25) is 0 Å². The Morgan fingerprint density at radius 3 is 2.82 bits per heavy atom. The molecule has 2 unspecified atom stereocenters. The number of halogens is 1. The summed E-state index contributed by atoms with van der Waals surface area (Å²) >= 11 is 0.0940. The van der Waals surface area contributed by atoms with Crippen molar-refractivity contribution in [3.63, 3.8) is 0 Å². The average Bonchev–Trinajstić information content (AvgIpc) is 2.98. The molecule has 1 amide bonds. The first kappa shape index (κ1) is 20.5. The van der Waals surface area contributed by atoms with Crippen molar-refractivity contribution in [3.05, 3.63) is 93.2 Å². The fourth-order valence-electron chi connectivity index (χ4n) is 4.94. The van der Waals surface area contributed by atoms with Crippen molar-refractivity contribution in [3.8, 4) is 5.75 Å². The van der Waals surface area contributed by atoms with Crippen molar-refractivity contribution in [2.45, 2.75) is 17.5 Å². The number of aromatic hydroxyl groups is 1. The molecular weight excluding hydrogens is 492 g/mol. The second-order valence-electron chi connectivity index (χ2n) is 8.23. The molecule has 4 heterocycles. The number of fused-ring (bicyclic) bond motifs is 4. The van der Waals surface area contributed by atoms with E-state index in [2.05, 4.69) is 12.1 Å². The Labute approximate surface area is 195 Å². The number of hydrogen-bond acceptors (Lipinski definition) is 5. The van der Waals surface area contributed by atoms with Crippen LogP contribution in [0.25, 0.3) is 0 Å². The molecule has 7 nitrogen and oxygen atoms in total. The molecular formula is C24H20FN3O4Se. The number of pyridine rings is 1. The van der Waals surface area contributed by atoms with E-state index in [9.17, 15) is 19.1 Å². The average molecular weight is 512 g/mol. The van der Waals surface area contributed by atoms with Crippen LogP contribution in [0.5, 0.6) is 5.75 Å². The molecule has 3 aliphatic rings. The van der Waals surface area contributed by atoms with Gasteiger partial charge in [0.1, 0.15) is 0 Å². The van der Waals surface area contributed by atoms with Crippen LogP contribution in [0.1, 0.15) is 33.2 Å². The number of carbonyl (C=O) groups excluding carboxylic acids is 1. The first-order valence-electron chi connectivity index (χ1n) is 10.7. The number of carbonyl (C=O) groups is 1. The summed E-state index contributed by atoms with van der Waals surface area (Å²) in [6.07, 6.45) is 1.07. The molecule has 3 aliphatic heterocycles. The molecule has 2 aromatic carbocycles. The van der Waals surface area contributed by atoms with Crippen LogP contribution in [-0.2, 0) is 10.1 Å². The molecule has 2 atom stereocenters. The molecule has 6 rings (SSSR count). The van der Waals surface area contributed by atoms with E-state index in [1.807, 2.05) is 17.1 Å². The van der Waals surface area contributed by atoms with E-state index in [0.717, 1.165) is 22.0 Å². The first-order valence-corrected chi connectivity index (χ1v) is 12.7. The van der Waals surface area contributed by atoms with Gasteiger partial charge in [-0.3, -0.25) is 0 Å². The topological polar surface area (TPSA) is 75.0 Å². The van der Waals surface area contributed by atoms with Crippen LogP contribution < -0.4 is 14.9 Å². The van der Waals surface area contributed by atoms with Gasteiger partial charge in [-0.1, -0.05) is 0 Å². The molecule has 33 heavy (non-hydrogen) atoms. The van der Waals surface area contributed by atoms with Crippen molar-refractivity contribution < 1.29 is 19.0 Å². The third-order valence-electron chi connectivity index (χ3n) is 6.44. The van der Waals surface area contributed by atoms with Crippen LogP contribution >= 0.6 is 0 Å². The number of morpholine rings is 1. The van der Waals surface area contributed by atoms with Gasteiger partial charge in [0.05, 0.1) is 0 Å². The van der Waals surface area contributed by atoms with Gasteiger partial charge in [0.25, 0.3) is 0 Å². The van der Waals surface area contributed by atoms with Crippen LogP contribution in [-0.4, -0.2) is 61.5 Å². The van der Waals surface area contributed by atoms with E-state index in [4.69, 9.17) is 4.74 Å². The SMILES string of the molecule is O=C1c2c(O)c(=O)ccn2N(C2c3ccc(F)cc3C[Se]c3ccccc32)C2COCCN12. The van der Waals surface area contributed by atoms with Crippen molar-refractivity contribution in [2.75, 3.05) is 24.8 Å². The standard InChI is InChI=1S/C24H20FN3O4Se/c25-15-5-6-16-14(11-15)13-33-19-4-2-1-3-17(19)21(16)28-20-12-32-10-9-26(20)24(31)22-23(30)18(29)7-8-27(22)28/h1-8,11,20-21,30H,9-10,12-13H2. The van der Waals surface area contributed by atoms with Crippen LogP contribution in [0.3, 0.4) is 0 Å². The molecule has 1 saturated heterocycles. The molecule has 0 saturated carbocycles. The van der Waals surface area contributed by atoms with Crippen molar-refractivity contribution in [1.29, 1.82) is 0 Å². The predicted molar refractivity (Wildman–Crippen MR) is 120 cm³/mol. The number of aromatic nitrogens is 1. The first-order chi connectivity index (χ1) is 16.0. The van der Waals surface area contributed by atoms with Gasteiger partial charge in [0, 0.05) is 0 Å². The van der Waals surface area contributed by atoms with E-state index < -0.39 is 23.3 Å². The van der Waals surface area contributed by atoms with Gasteiger partial charge in [0.15, 0.2) is 0 Å².